The van der Waals surface area contributed by atoms with E-state index in [4.69, 9.17) is 4.74 Å². The number of halogens is 2. The van der Waals surface area contributed by atoms with Gasteiger partial charge in [-0.1, -0.05) is 12.1 Å². The molecular weight excluding hydrogens is 352 g/mol. The largest absolute Gasteiger partial charge is 0.494 e. The van der Waals surface area contributed by atoms with Gasteiger partial charge in [-0.15, -0.1) is 0 Å². The molecule has 0 radical (unpaired) electrons. The normalized spacial score (nSPS) is 10.3. The van der Waals surface area contributed by atoms with Crippen LogP contribution in [0.3, 0.4) is 0 Å². The monoisotopic (exact) mass is 367 g/mol. The number of rotatable bonds is 8. The average Bonchev–Trinajstić information content (AvgIpc) is 2.60. The first-order chi connectivity index (χ1) is 12.4. The topological polar surface area (TPSA) is 103 Å². The first-order valence-electron chi connectivity index (χ1n) is 7.30. The van der Waals surface area contributed by atoms with Gasteiger partial charge < -0.3 is 20.1 Å². The molecule has 0 aliphatic carbocycles. The Morgan fingerprint density at radius 2 is 1.92 bits per heavy atom. The molecule has 0 atom stereocenters. The number of nitrogens with zero attached hydrogens (tertiary/aromatic N) is 1. The van der Waals surface area contributed by atoms with Crippen LogP contribution in [0.25, 0.3) is 0 Å². The summed E-state index contributed by atoms with van der Waals surface area (Å²) >= 11 is 0. The van der Waals surface area contributed by atoms with Gasteiger partial charge in [-0.2, -0.15) is 8.78 Å². The zero-order valence-electron chi connectivity index (χ0n) is 13.6. The molecular formula is C16H15F2N3O5. The Hall–Kier alpha value is -3.43. The predicted octanol–water partition coefficient (Wildman–Crippen LogP) is 3.26. The van der Waals surface area contributed by atoms with Crippen molar-refractivity contribution in [3.05, 3.63) is 52.6 Å². The van der Waals surface area contributed by atoms with E-state index < -0.39 is 17.4 Å². The van der Waals surface area contributed by atoms with E-state index >= 15 is 0 Å². The lowest BCUT2D eigenvalue weighted by atomic mass is 10.2. The van der Waals surface area contributed by atoms with Crippen molar-refractivity contribution in [3.63, 3.8) is 0 Å². The fourth-order valence-corrected chi connectivity index (χ4v) is 2.08. The van der Waals surface area contributed by atoms with E-state index in [2.05, 4.69) is 15.4 Å². The van der Waals surface area contributed by atoms with E-state index in [9.17, 15) is 23.7 Å². The van der Waals surface area contributed by atoms with Crippen LogP contribution in [0.5, 0.6) is 11.5 Å². The number of hydrogen-bond acceptors (Lipinski definition) is 6. The van der Waals surface area contributed by atoms with Gasteiger partial charge in [-0.3, -0.25) is 14.9 Å². The summed E-state index contributed by atoms with van der Waals surface area (Å²) in [6.45, 7) is -3.24. The molecule has 0 unspecified atom stereocenters. The molecule has 2 aromatic carbocycles. The van der Waals surface area contributed by atoms with Crippen LogP contribution in [0.4, 0.5) is 25.8 Å². The molecule has 2 rings (SSSR count). The Morgan fingerprint density at radius 3 is 2.58 bits per heavy atom. The van der Waals surface area contributed by atoms with Crippen LogP contribution in [0.2, 0.25) is 0 Å². The molecule has 0 saturated heterocycles. The molecule has 1 amide bonds. The van der Waals surface area contributed by atoms with Gasteiger partial charge in [0.05, 0.1) is 36.0 Å². The zero-order chi connectivity index (χ0) is 19.1. The molecule has 2 aromatic rings. The van der Waals surface area contributed by atoms with Crippen molar-refractivity contribution in [3.8, 4) is 11.5 Å². The highest BCUT2D eigenvalue weighted by molar-refractivity contribution is 5.95. The van der Waals surface area contributed by atoms with Crippen LogP contribution in [-0.2, 0) is 4.79 Å². The molecule has 0 saturated carbocycles. The lowest BCUT2D eigenvalue weighted by molar-refractivity contribution is -0.384. The van der Waals surface area contributed by atoms with Crippen molar-refractivity contribution < 1.29 is 28.0 Å². The number of para-hydroxylation sites is 2. The number of alkyl halides is 2. The third kappa shape index (κ3) is 5.03. The van der Waals surface area contributed by atoms with Crippen molar-refractivity contribution in [2.75, 3.05) is 24.3 Å². The van der Waals surface area contributed by atoms with Crippen molar-refractivity contribution in [1.29, 1.82) is 0 Å². The number of anilines is 2. The first-order valence-corrected chi connectivity index (χ1v) is 7.30. The van der Waals surface area contributed by atoms with E-state index in [1.807, 2.05) is 0 Å². The summed E-state index contributed by atoms with van der Waals surface area (Å²) in [6, 6.07) is 9.67. The Labute approximate surface area is 146 Å². The molecule has 0 aromatic heterocycles. The standard InChI is InChI=1S/C16H15F2N3O5/c1-25-14-8-10(21(23)24)6-7-12(14)20-15(22)9-19-11-4-2-3-5-13(11)26-16(17)18/h2-8,16,19H,9H2,1H3,(H,20,22). The van der Waals surface area contributed by atoms with Gasteiger partial charge in [-0.25, -0.2) is 0 Å². The summed E-state index contributed by atoms with van der Waals surface area (Å²) in [7, 11) is 1.31. The molecule has 138 valence electrons. The third-order valence-electron chi connectivity index (χ3n) is 3.21. The third-order valence-corrected chi connectivity index (χ3v) is 3.21. The Balaban J connectivity index is 2.03. The molecule has 10 heteroatoms. The maximum atomic E-state index is 12.4. The van der Waals surface area contributed by atoms with Crippen molar-refractivity contribution in [2.24, 2.45) is 0 Å². The molecule has 8 nitrogen and oxygen atoms in total. The van der Waals surface area contributed by atoms with Crippen LogP contribution in [0.1, 0.15) is 0 Å². The lowest BCUT2D eigenvalue weighted by Crippen LogP contribution is -2.22. The number of benzene rings is 2. The Morgan fingerprint density at radius 1 is 1.19 bits per heavy atom. The minimum atomic E-state index is -2.99. The van der Waals surface area contributed by atoms with Crippen LogP contribution in [0.15, 0.2) is 42.5 Å². The quantitative estimate of drug-likeness (QED) is 0.548. The summed E-state index contributed by atoms with van der Waals surface area (Å²) in [4.78, 5) is 22.2. The van der Waals surface area contributed by atoms with Crippen LogP contribution >= 0.6 is 0 Å². The first kappa shape index (κ1) is 18.9. The summed E-state index contributed by atoms with van der Waals surface area (Å²) in [5.74, 6) is -0.485. The van der Waals surface area contributed by atoms with Crippen LogP contribution in [-0.4, -0.2) is 31.1 Å². The van der Waals surface area contributed by atoms with Crippen molar-refractivity contribution >= 4 is 23.0 Å². The van der Waals surface area contributed by atoms with E-state index in [-0.39, 0.29) is 35.1 Å². The summed E-state index contributed by atoms with van der Waals surface area (Å²) in [5.41, 5.74) is 0.275. The smallest absolute Gasteiger partial charge is 0.387 e. The molecule has 2 N–H and O–H groups in total. The SMILES string of the molecule is COc1cc([N+](=O)[O-])ccc1NC(=O)CNc1ccccc1OC(F)F. The number of nitro groups is 1. The van der Waals surface area contributed by atoms with Crippen LogP contribution < -0.4 is 20.1 Å². The van der Waals surface area contributed by atoms with Gasteiger partial charge in [0.15, 0.2) is 0 Å². The fraction of sp³-hybridized carbons (Fsp3) is 0.188. The summed E-state index contributed by atoms with van der Waals surface area (Å²) in [5, 5.41) is 16.0. The molecule has 0 aliphatic heterocycles. The van der Waals surface area contributed by atoms with Crippen LogP contribution in [0, 0.1) is 10.1 Å². The fourth-order valence-electron chi connectivity index (χ4n) is 2.08. The minimum Gasteiger partial charge on any atom is -0.494 e. The van der Waals surface area contributed by atoms with Gasteiger partial charge >= 0.3 is 6.61 Å². The second-order valence-corrected chi connectivity index (χ2v) is 4.92. The molecule has 0 spiro atoms. The number of carbonyl (C=O) groups is 1. The number of methoxy groups -OCH3 is 1. The van der Waals surface area contributed by atoms with Crippen molar-refractivity contribution in [1.82, 2.24) is 0 Å². The second kappa shape index (κ2) is 8.60. The van der Waals surface area contributed by atoms with E-state index in [0.29, 0.717) is 0 Å². The number of ether oxygens (including phenoxy) is 2. The van der Waals surface area contributed by atoms with E-state index in [0.717, 1.165) is 0 Å². The van der Waals surface area contributed by atoms with Gasteiger partial charge in [0, 0.05) is 6.07 Å². The predicted molar refractivity (Wildman–Crippen MR) is 89.8 cm³/mol. The molecule has 0 aliphatic rings. The highest BCUT2D eigenvalue weighted by Crippen LogP contribution is 2.29. The molecule has 0 bridgehead atoms. The van der Waals surface area contributed by atoms with Crippen molar-refractivity contribution in [2.45, 2.75) is 6.61 Å². The zero-order valence-corrected chi connectivity index (χ0v) is 13.6. The molecule has 26 heavy (non-hydrogen) atoms. The highest BCUT2D eigenvalue weighted by atomic mass is 19.3. The van der Waals surface area contributed by atoms with Gasteiger partial charge in [0.2, 0.25) is 5.91 Å². The second-order valence-electron chi connectivity index (χ2n) is 4.92. The number of nitro benzene ring substituents is 1. The molecule has 0 fully saturated rings. The Bertz CT molecular complexity index is 801. The lowest BCUT2D eigenvalue weighted by Gasteiger charge is -2.13. The summed E-state index contributed by atoms with van der Waals surface area (Å²) in [6.07, 6.45) is 0. The van der Waals surface area contributed by atoms with Gasteiger partial charge in [0.1, 0.15) is 11.5 Å². The summed E-state index contributed by atoms with van der Waals surface area (Å²) < 4.78 is 34.1. The number of carbonyl (C=O) groups excluding carboxylic acids is 1. The number of nitrogens with one attached hydrogen (secondary N) is 2. The van der Waals surface area contributed by atoms with Gasteiger partial charge in [0.25, 0.3) is 5.69 Å². The maximum absolute atomic E-state index is 12.4. The number of amides is 1. The van der Waals surface area contributed by atoms with E-state index in [1.54, 1.807) is 6.07 Å². The highest BCUT2D eigenvalue weighted by Gasteiger charge is 2.14. The minimum absolute atomic E-state index is 0.0942. The number of non-ortho nitro benzene ring substituents is 1. The van der Waals surface area contributed by atoms with E-state index in [1.165, 1.54) is 43.5 Å². The number of hydrogen-bond donors (Lipinski definition) is 2. The molecule has 0 heterocycles. The maximum Gasteiger partial charge on any atom is 0.387 e. The average molecular weight is 367 g/mol. The Kier molecular flexibility index (Phi) is 6.25. The van der Waals surface area contributed by atoms with Gasteiger partial charge in [-0.05, 0) is 18.2 Å².